The average molecular weight is 298 g/mol. The Labute approximate surface area is 118 Å². The van der Waals surface area contributed by atoms with Gasteiger partial charge >= 0.3 is 0 Å². The van der Waals surface area contributed by atoms with E-state index in [2.05, 4.69) is 5.32 Å². The number of carbonyl (C=O) groups is 1. The minimum absolute atomic E-state index is 0.0548. The second-order valence-electron chi connectivity index (χ2n) is 5.28. The van der Waals surface area contributed by atoms with E-state index in [1.165, 1.54) is 7.11 Å². The number of ether oxygens (including phenoxy) is 1. The van der Waals surface area contributed by atoms with Crippen molar-refractivity contribution in [2.75, 3.05) is 24.3 Å². The van der Waals surface area contributed by atoms with Crippen molar-refractivity contribution in [3.8, 4) is 5.75 Å². The van der Waals surface area contributed by atoms with E-state index >= 15 is 0 Å². The second-order valence-corrected chi connectivity index (χ2v) is 7.47. The molecule has 1 aromatic rings. The summed E-state index contributed by atoms with van der Waals surface area (Å²) < 4.78 is 28.2. The third kappa shape index (κ3) is 2.87. The van der Waals surface area contributed by atoms with Gasteiger partial charge in [-0.1, -0.05) is 6.07 Å². The molecule has 7 heteroatoms. The number of nitrogen functional groups attached to an aromatic ring is 1. The topological polar surface area (TPSA) is 98.5 Å². The molecule has 1 aliphatic rings. The standard InChI is InChI=1S/C13H18N2O4S/c1-13(6-7-20(17,18)8-13)15-12(16)11-9(14)4-3-5-10(11)19-2/h3-5H,6-8,14H2,1-2H3,(H,15,16). The van der Waals surface area contributed by atoms with Gasteiger partial charge in [0.05, 0.1) is 24.2 Å². The highest BCUT2D eigenvalue weighted by molar-refractivity contribution is 7.91. The first-order valence-electron chi connectivity index (χ1n) is 6.22. The fraction of sp³-hybridized carbons (Fsp3) is 0.462. The quantitative estimate of drug-likeness (QED) is 0.796. The Morgan fingerprint density at radius 2 is 2.15 bits per heavy atom. The highest BCUT2D eigenvalue weighted by Crippen LogP contribution is 2.27. The molecule has 1 unspecified atom stereocenters. The molecular formula is C13H18N2O4S. The van der Waals surface area contributed by atoms with E-state index in [0.29, 0.717) is 17.9 Å². The predicted molar refractivity (Wildman–Crippen MR) is 76.5 cm³/mol. The minimum Gasteiger partial charge on any atom is -0.496 e. The number of hydrogen-bond acceptors (Lipinski definition) is 5. The first-order chi connectivity index (χ1) is 9.26. The number of nitrogens with one attached hydrogen (secondary N) is 1. The van der Waals surface area contributed by atoms with E-state index < -0.39 is 21.3 Å². The summed E-state index contributed by atoms with van der Waals surface area (Å²) in [5, 5.41) is 2.76. The zero-order valence-corrected chi connectivity index (χ0v) is 12.3. The lowest BCUT2D eigenvalue weighted by molar-refractivity contribution is 0.0913. The lowest BCUT2D eigenvalue weighted by Gasteiger charge is -2.24. The summed E-state index contributed by atoms with van der Waals surface area (Å²) >= 11 is 0. The van der Waals surface area contributed by atoms with Crippen molar-refractivity contribution in [2.24, 2.45) is 0 Å². The molecule has 1 heterocycles. The van der Waals surface area contributed by atoms with Crippen LogP contribution in [0.5, 0.6) is 5.75 Å². The summed E-state index contributed by atoms with van der Waals surface area (Å²) in [4.78, 5) is 12.4. The van der Waals surface area contributed by atoms with E-state index in [1.807, 2.05) is 0 Å². The van der Waals surface area contributed by atoms with Gasteiger partial charge in [0, 0.05) is 5.69 Å². The van der Waals surface area contributed by atoms with Gasteiger partial charge < -0.3 is 15.8 Å². The first-order valence-corrected chi connectivity index (χ1v) is 8.04. The van der Waals surface area contributed by atoms with Crippen molar-refractivity contribution in [3.63, 3.8) is 0 Å². The largest absolute Gasteiger partial charge is 0.496 e. The van der Waals surface area contributed by atoms with Crippen LogP contribution >= 0.6 is 0 Å². The molecule has 1 saturated heterocycles. The second kappa shape index (κ2) is 4.97. The maximum atomic E-state index is 12.4. The van der Waals surface area contributed by atoms with Crippen LogP contribution < -0.4 is 15.8 Å². The number of hydrogen-bond donors (Lipinski definition) is 2. The van der Waals surface area contributed by atoms with Crippen LogP contribution in [0.15, 0.2) is 18.2 Å². The van der Waals surface area contributed by atoms with Crippen molar-refractivity contribution in [1.82, 2.24) is 5.32 Å². The molecule has 1 fully saturated rings. The molecule has 0 aromatic heterocycles. The predicted octanol–water partition coefficient (Wildman–Crippen LogP) is 0.584. The Kier molecular flexibility index (Phi) is 3.64. The van der Waals surface area contributed by atoms with Crippen LogP contribution in [-0.4, -0.2) is 38.5 Å². The molecule has 6 nitrogen and oxygen atoms in total. The van der Waals surface area contributed by atoms with Crippen LogP contribution in [0, 0.1) is 0 Å². The molecule has 1 aliphatic heterocycles. The summed E-state index contributed by atoms with van der Waals surface area (Å²) in [6.07, 6.45) is 0.399. The van der Waals surface area contributed by atoms with Crippen LogP contribution in [0.4, 0.5) is 5.69 Å². The van der Waals surface area contributed by atoms with Gasteiger partial charge in [0.2, 0.25) is 0 Å². The Morgan fingerprint density at radius 1 is 1.45 bits per heavy atom. The van der Waals surface area contributed by atoms with Crippen molar-refractivity contribution in [1.29, 1.82) is 0 Å². The summed E-state index contributed by atoms with van der Waals surface area (Å²) in [5.41, 5.74) is 5.58. The number of sulfone groups is 1. The van der Waals surface area contributed by atoms with Crippen LogP contribution in [0.25, 0.3) is 0 Å². The van der Waals surface area contributed by atoms with Crippen LogP contribution in [-0.2, 0) is 9.84 Å². The lowest BCUT2D eigenvalue weighted by atomic mass is 10.0. The monoisotopic (exact) mass is 298 g/mol. The number of nitrogens with two attached hydrogens (primary N) is 1. The smallest absolute Gasteiger partial charge is 0.257 e. The van der Waals surface area contributed by atoms with Crippen molar-refractivity contribution < 1.29 is 17.9 Å². The van der Waals surface area contributed by atoms with Gasteiger partial charge in [-0.05, 0) is 25.5 Å². The molecule has 0 aliphatic carbocycles. The number of rotatable bonds is 3. The summed E-state index contributed by atoms with van der Waals surface area (Å²) in [6.45, 7) is 1.72. The zero-order chi connectivity index (χ0) is 15.0. The molecular weight excluding hydrogens is 280 g/mol. The molecule has 1 amide bonds. The van der Waals surface area contributed by atoms with E-state index in [-0.39, 0.29) is 17.1 Å². The maximum absolute atomic E-state index is 12.4. The first kappa shape index (κ1) is 14.6. The van der Waals surface area contributed by atoms with Gasteiger partial charge in [-0.25, -0.2) is 8.42 Å². The number of carbonyl (C=O) groups excluding carboxylic acids is 1. The van der Waals surface area contributed by atoms with E-state index in [0.717, 1.165) is 0 Å². The Morgan fingerprint density at radius 3 is 2.70 bits per heavy atom. The molecule has 110 valence electrons. The number of benzene rings is 1. The Balaban J connectivity index is 2.26. The summed E-state index contributed by atoms with van der Waals surface area (Å²) in [5.74, 6) is -0.0158. The van der Waals surface area contributed by atoms with Gasteiger partial charge in [-0.2, -0.15) is 0 Å². The Bertz CT molecular complexity index is 642. The van der Waals surface area contributed by atoms with Gasteiger partial charge in [0.1, 0.15) is 11.3 Å². The highest BCUT2D eigenvalue weighted by atomic mass is 32.2. The number of methoxy groups -OCH3 is 1. The summed E-state index contributed by atoms with van der Waals surface area (Å²) in [7, 11) is -1.63. The van der Waals surface area contributed by atoms with Crippen LogP contribution in [0.2, 0.25) is 0 Å². The molecule has 3 N–H and O–H groups in total. The molecule has 0 saturated carbocycles. The maximum Gasteiger partial charge on any atom is 0.257 e. The minimum atomic E-state index is -3.08. The van der Waals surface area contributed by atoms with Crippen molar-refractivity contribution >= 4 is 21.4 Å². The molecule has 1 aromatic carbocycles. The molecule has 0 bridgehead atoms. The van der Waals surface area contributed by atoms with E-state index in [9.17, 15) is 13.2 Å². The third-order valence-electron chi connectivity index (χ3n) is 3.42. The number of amides is 1. The van der Waals surface area contributed by atoms with Gasteiger partial charge in [0.25, 0.3) is 5.91 Å². The van der Waals surface area contributed by atoms with Crippen molar-refractivity contribution in [3.05, 3.63) is 23.8 Å². The third-order valence-corrected chi connectivity index (χ3v) is 5.33. The van der Waals surface area contributed by atoms with Gasteiger partial charge in [-0.3, -0.25) is 4.79 Å². The van der Waals surface area contributed by atoms with Gasteiger partial charge in [0.15, 0.2) is 9.84 Å². The van der Waals surface area contributed by atoms with E-state index in [4.69, 9.17) is 10.5 Å². The molecule has 0 spiro atoms. The van der Waals surface area contributed by atoms with Crippen LogP contribution in [0.3, 0.4) is 0 Å². The molecule has 2 rings (SSSR count). The lowest BCUT2D eigenvalue weighted by Crippen LogP contribution is -2.47. The van der Waals surface area contributed by atoms with Gasteiger partial charge in [-0.15, -0.1) is 0 Å². The highest BCUT2D eigenvalue weighted by Gasteiger charge is 2.40. The average Bonchev–Trinajstić information content (AvgIpc) is 2.62. The fourth-order valence-electron chi connectivity index (χ4n) is 2.41. The molecule has 0 radical (unpaired) electrons. The normalized spacial score (nSPS) is 24.3. The SMILES string of the molecule is COc1cccc(N)c1C(=O)NC1(C)CCS(=O)(=O)C1. The summed E-state index contributed by atoms with van der Waals surface area (Å²) in [6, 6.07) is 4.93. The zero-order valence-electron chi connectivity index (χ0n) is 11.5. The fourth-order valence-corrected chi connectivity index (χ4v) is 4.50. The van der Waals surface area contributed by atoms with Crippen LogP contribution in [0.1, 0.15) is 23.7 Å². The molecule has 20 heavy (non-hydrogen) atoms. The Hall–Kier alpha value is -1.76. The van der Waals surface area contributed by atoms with E-state index in [1.54, 1.807) is 25.1 Å². The molecule has 1 atom stereocenters. The van der Waals surface area contributed by atoms with Crippen molar-refractivity contribution in [2.45, 2.75) is 18.9 Å². The number of anilines is 1.